The Morgan fingerprint density at radius 1 is 1.14 bits per heavy atom. The molecular weight excluding hydrogens is 530 g/mol. The summed E-state index contributed by atoms with van der Waals surface area (Å²) in [5.74, 6) is -0.213. The molecule has 0 amide bonds. The highest BCUT2D eigenvalue weighted by molar-refractivity contribution is 9.10. The number of nitrogens with zero attached hydrogens (tertiary/aromatic N) is 5. The van der Waals surface area contributed by atoms with Crippen molar-refractivity contribution >= 4 is 54.9 Å². The average molecular weight is 543 g/mol. The highest BCUT2D eigenvalue weighted by atomic mass is 79.9. The Balaban J connectivity index is 1.89. The van der Waals surface area contributed by atoms with E-state index in [1.54, 1.807) is 23.6 Å². The number of imidazole rings is 1. The van der Waals surface area contributed by atoms with Crippen molar-refractivity contribution in [3.05, 3.63) is 68.2 Å². The molecule has 2 N–H and O–H groups in total. The molecule has 0 saturated carbocycles. The smallest absolute Gasteiger partial charge is 0.169 e. The topological polar surface area (TPSA) is 88.2 Å². The minimum Gasteiger partial charge on any atom is -0.368 e. The standard InChI is InChI=1S/C18H12Br2ClFN6O/c1-8-2-9(11(22)3-10(8)21)16-17(28-7-13(20)24-6-15(28)27-16)18(29)26-14-5-23-12(19)4-25-14/h2-7,18,29H,1H3,(H,25,26). The summed E-state index contributed by atoms with van der Waals surface area (Å²) >= 11 is 12.6. The van der Waals surface area contributed by atoms with Gasteiger partial charge in [-0.3, -0.25) is 4.40 Å². The SMILES string of the molecule is Cc1cc(-c2nc3cnc(Br)cn3c2C(O)Nc2cnc(Br)cn2)c(F)cc1Cl. The lowest BCUT2D eigenvalue weighted by molar-refractivity contribution is 0.202. The first-order chi connectivity index (χ1) is 13.8. The van der Waals surface area contributed by atoms with E-state index in [9.17, 15) is 9.50 Å². The first kappa shape index (κ1) is 20.1. The summed E-state index contributed by atoms with van der Waals surface area (Å²) in [6, 6.07) is 2.83. The number of anilines is 1. The van der Waals surface area contributed by atoms with E-state index in [4.69, 9.17) is 11.6 Å². The van der Waals surface area contributed by atoms with Gasteiger partial charge in [-0.1, -0.05) is 11.6 Å². The molecule has 29 heavy (non-hydrogen) atoms. The van der Waals surface area contributed by atoms with Gasteiger partial charge in [0, 0.05) is 16.8 Å². The summed E-state index contributed by atoms with van der Waals surface area (Å²) in [6.45, 7) is 1.77. The van der Waals surface area contributed by atoms with Crippen LogP contribution in [0, 0.1) is 12.7 Å². The number of aliphatic hydroxyl groups excluding tert-OH is 1. The van der Waals surface area contributed by atoms with Crippen LogP contribution in [0.2, 0.25) is 5.02 Å². The van der Waals surface area contributed by atoms with E-state index in [-0.39, 0.29) is 11.3 Å². The minimum absolute atomic E-state index is 0.212. The van der Waals surface area contributed by atoms with E-state index in [0.717, 1.165) is 0 Å². The number of aliphatic hydroxyl groups is 1. The van der Waals surface area contributed by atoms with Gasteiger partial charge in [0.15, 0.2) is 11.9 Å². The number of rotatable bonds is 4. The summed E-state index contributed by atoms with van der Waals surface area (Å²) in [5.41, 5.74) is 1.91. The Kier molecular flexibility index (Phi) is 5.52. The fourth-order valence-electron chi connectivity index (χ4n) is 2.84. The van der Waals surface area contributed by atoms with Crippen LogP contribution >= 0.6 is 43.5 Å². The Hall–Kier alpha value is -2.14. The number of nitrogens with one attached hydrogen (secondary N) is 1. The van der Waals surface area contributed by atoms with E-state index < -0.39 is 12.0 Å². The van der Waals surface area contributed by atoms with Gasteiger partial charge < -0.3 is 10.4 Å². The van der Waals surface area contributed by atoms with E-state index >= 15 is 0 Å². The summed E-state index contributed by atoms with van der Waals surface area (Å²) < 4.78 is 17.5. The van der Waals surface area contributed by atoms with Crippen LogP contribution in [0.4, 0.5) is 10.2 Å². The fourth-order valence-corrected chi connectivity index (χ4v) is 3.50. The number of aryl methyl sites for hydroxylation is 1. The van der Waals surface area contributed by atoms with Crippen molar-refractivity contribution in [2.24, 2.45) is 0 Å². The maximum absolute atomic E-state index is 14.8. The number of benzene rings is 1. The molecule has 3 heterocycles. The third-order valence-electron chi connectivity index (χ3n) is 4.18. The summed E-state index contributed by atoms with van der Waals surface area (Å²) in [5, 5.41) is 14.1. The predicted octanol–water partition coefficient (Wildman–Crippen LogP) is 4.92. The van der Waals surface area contributed by atoms with Crippen molar-refractivity contribution in [3.63, 3.8) is 0 Å². The lowest BCUT2D eigenvalue weighted by atomic mass is 10.1. The molecule has 1 atom stereocenters. The molecule has 148 valence electrons. The van der Waals surface area contributed by atoms with E-state index in [0.29, 0.717) is 37.0 Å². The molecule has 0 aliphatic carbocycles. The Bertz CT molecular complexity index is 1220. The lowest BCUT2D eigenvalue weighted by Crippen LogP contribution is -2.14. The van der Waals surface area contributed by atoms with Crippen LogP contribution < -0.4 is 5.32 Å². The van der Waals surface area contributed by atoms with Crippen LogP contribution in [0.25, 0.3) is 16.9 Å². The Morgan fingerprint density at radius 2 is 1.90 bits per heavy atom. The van der Waals surface area contributed by atoms with E-state index in [2.05, 4.69) is 57.1 Å². The molecule has 0 spiro atoms. The zero-order valence-electron chi connectivity index (χ0n) is 14.7. The molecule has 0 radical (unpaired) electrons. The van der Waals surface area contributed by atoms with Crippen LogP contribution in [-0.2, 0) is 0 Å². The second-order valence-electron chi connectivity index (χ2n) is 6.14. The van der Waals surface area contributed by atoms with Gasteiger partial charge >= 0.3 is 0 Å². The Labute approximate surface area is 186 Å². The van der Waals surface area contributed by atoms with Gasteiger partial charge in [-0.2, -0.15) is 0 Å². The highest BCUT2D eigenvalue weighted by Crippen LogP contribution is 2.34. The van der Waals surface area contributed by atoms with Crippen LogP contribution in [0.3, 0.4) is 0 Å². The monoisotopic (exact) mass is 540 g/mol. The maximum atomic E-state index is 14.8. The van der Waals surface area contributed by atoms with Crippen LogP contribution in [-0.4, -0.2) is 29.4 Å². The average Bonchev–Trinajstić information content (AvgIpc) is 3.05. The minimum atomic E-state index is -1.26. The van der Waals surface area contributed by atoms with Gasteiger partial charge in [0.2, 0.25) is 0 Å². The molecule has 11 heteroatoms. The summed E-state index contributed by atoms with van der Waals surface area (Å²) in [7, 11) is 0. The first-order valence-electron chi connectivity index (χ1n) is 8.25. The molecule has 1 unspecified atom stereocenters. The molecule has 4 rings (SSSR count). The van der Waals surface area contributed by atoms with Gasteiger partial charge in [-0.25, -0.2) is 24.3 Å². The molecule has 0 fully saturated rings. The number of hydrogen-bond acceptors (Lipinski definition) is 6. The van der Waals surface area contributed by atoms with Crippen molar-refractivity contribution in [2.75, 3.05) is 5.32 Å². The molecular formula is C18H12Br2ClFN6O. The predicted molar refractivity (Wildman–Crippen MR) is 114 cm³/mol. The fraction of sp³-hybridized carbons (Fsp3) is 0.111. The normalized spacial score (nSPS) is 12.3. The molecule has 7 nitrogen and oxygen atoms in total. The van der Waals surface area contributed by atoms with Gasteiger partial charge in [0.25, 0.3) is 0 Å². The summed E-state index contributed by atoms with van der Waals surface area (Å²) in [6.07, 6.45) is 4.85. The van der Waals surface area contributed by atoms with Crippen molar-refractivity contribution in [1.82, 2.24) is 24.3 Å². The molecule has 0 aliphatic heterocycles. The zero-order valence-corrected chi connectivity index (χ0v) is 18.7. The number of fused-ring (bicyclic) bond motifs is 1. The van der Waals surface area contributed by atoms with Gasteiger partial charge in [0.1, 0.15) is 26.5 Å². The first-order valence-corrected chi connectivity index (χ1v) is 10.2. The molecule has 3 aromatic heterocycles. The van der Waals surface area contributed by atoms with Crippen LogP contribution in [0.5, 0.6) is 0 Å². The second-order valence-corrected chi connectivity index (χ2v) is 8.17. The molecule has 4 aromatic rings. The van der Waals surface area contributed by atoms with E-state index in [1.807, 2.05) is 0 Å². The van der Waals surface area contributed by atoms with Gasteiger partial charge in [-0.15, -0.1) is 0 Å². The van der Waals surface area contributed by atoms with Crippen molar-refractivity contribution in [3.8, 4) is 11.3 Å². The van der Waals surface area contributed by atoms with E-state index in [1.165, 1.54) is 24.7 Å². The zero-order chi connectivity index (χ0) is 20.7. The molecule has 0 aliphatic rings. The molecule has 0 bridgehead atoms. The van der Waals surface area contributed by atoms with Crippen molar-refractivity contribution in [1.29, 1.82) is 0 Å². The quantitative estimate of drug-likeness (QED) is 0.356. The number of aromatic nitrogens is 5. The largest absolute Gasteiger partial charge is 0.368 e. The Morgan fingerprint density at radius 3 is 2.62 bits per heavy atom. The highest BCUT2D eigenvalue weighted by Gasteiger charge is 2.24. The third-order valence-corrected chi connectivity index (χ3v) is 5.41. The molecule has 1 aromatic carbocycles. The maximum Gasteiger partial charge on any atom is 0.169 e. The summed E-state index contributed by atoms with van der Waals surface area (Å²) in [4.78, 5) is 16.9. The van der Waals surface area contributed by atoms with Gasteiger partial charge in [0.05, 0.1) is 24.3 Å². The molecule has 0 saturated heterocycles. The van der Waals surface area contributed by atoms with Crippen molar-refractivity contribution in [2.45, 2.75) is 13.2 Å². The van der Waals surface area contributed by atoms with Gasteiger partial charge in [-0.05, 0) is 56.5 Å². The third kappa shape index (κ3) is 3.97. The van der Waals surface area contributed by atoms with Crippen molar-refractivity contribution < 1.29 is 9.50 Å². The number of hydrogen-bond donors (Lipinski definition) is 2. The van der Waals surface area contributed by atoms with Crippen LogP contribution in [0.15, 0.2) is 46.1 Å². The lowest BCUT2D eigenvalue weighted by Gasteiger charge is -2.16. The van der Waals surface area contributed by atoms with Crippen LogP contribution in [0.1, 0.15) is 17.5 Å². The number of halogens is 4. The second kappa shape index (κ2) is 7.94.